The fourth-order valence-electron chi connectivity index (χ4n) is 2.86. The maximum atomic E-state index is 12.5. The van der Waals surface area contributed by atoms with Crippen LogP contribution in [-0.4, -0.2) is 47.1 Å². The number of halogens is 1. The molecular formula is C17H23ClN2O3. The molecule has 2 amide bonds. The van der Waals surface area contributed by atoms with E-state index in [1.165, 1.54) is 0 Å². The molecule has 0 radical (unpaired) electrons. The second kappa shape index (κ2) is 7.79. The number of carbonyl (C=O) groups is 2. The van der Waals surface area contributed by atoms with Crippen molar-refractivity contribution in [3.63, 3.8) is 0 Å². The summed E-state index contributed by atoms with van der Waals surface area (Å²) >= 11 is 6.00. The first-order valence-electron chi connectivity index (χ1n) is 7.92. The first kappa shape index (κ1) is 17.8. The molecule has 1 aromatic rings. The quantitative estimate of drug-likeness (QED) is 0.883. The van der Waals surface area contributed by atoms with Gasteiger partial charge in [0, 0.05) is 19.0 Å². The van der Waals surface area contributed by atoms with Gasteiger partial charge in [-0.25, -0.2) is 0 Å². The molecule has 0 bridgehead atoms. The Morgan fingerprint density at radius 2 is 2.04 bits per heavy atom. The predicted molar refractivity (Wildman–Crippen MR) is 89.4 cm³/mol. The van der Waals surface area contributed by atoms with Crippen molar-refractivity contribution in [1.29, 1.82) is 0 Å². The van der Waals surface area contributed by atoms with Crippen molar-refractivity contribution < 1.29 is 14.7 Å². The largest absolute Gasteiger partial charge is 0.393 e. The van der Waals surface area contributed by atoms with Gasteiger partial charge in [-0.3, -0.25) is 9.59 Å². The van der Waals surface area contributed by atoms with Crippen molar-refractivity contribution in [3.8, 4) is 0 Å². The van der Waals surface area contributed by atoms with Gasteiger partial charge in [0.05, 0.1) is 16.7 Å². The fraction of sp³-hybridized carbons (Fsp3) is 0.529. The molecule has 1 aromatic carbocycles. The number of piperidine rings is 1. The number of hydrogen-bond donors (Lipinski definition) is 2. The molecule has 2 N–H and O–H groups in total. The highest BCUT2D eigenvalue weighted by Crippen LogP contribution is 2.20. The maximum absolute atomic E-state index is 12.5. The zero-order chi connectivity index (χ0) is 17.0. The smallest absolute Gasteiger partial charge is 0.253 e. The monoisotopic (exact) mass is 338 g/mol. The van der Waals surface area contributed by atoms with Gasteiger partial charge < -0.3 is 15.3 Å². The fourth-order valence-corrected chi connectivity index (χ4v) is 3.08. The molecule has 1 fully saturated rings. The van der Waals surface area contributed by atoms with E-state index in [1.807, 2.05) is 0 Å². The van der Waals surface area contributed by atoms with Crippen molar-refractivity contribution in [2.75, 3.05) is 13.1 Å². The van der Waals surface area contributed by atoms with E-state index < -0.39 is 12.1 Å². The molecule has 5 nitrogen and oxygen atoms in total. The van der Waals surface area contributed by atoms with Crippen molar-refractivity contribution in [1.82, 2.24) is 10.2 Å². The molecule has 3 atom stereocenters. The standard InChI is InChI=1S/C17H23ClN2O3/c1-11(19-16(22)14-7-3-4-8-15(14)18)17(23)20-9-5-6-13(10-20)12(2)21/h3-4,7-8,11-13,21H,5-6,9-10H2,1-2H3,(H,19,22). The number of benzene rings is 1. The van der Waals surface area contributed by atoms with E-state index in [-0.39, 0.29) is 17.7 Å². The number of aliphatic hydroxyl groups is 1. The number of rotatable bonds is 4. The van der Waals surface area contributed by atoms with E-state index in [2.05, 4.69) is 5.32 Å². The summed E-state index contributed by atoms with van der Waals surface area (Å²) in [5.74, 6) is -0.393. The summed E-state index contributed by atoms with van der Waals surface area (Å²) in [7, 11) is 0. The molecule has 0 aliphatic carbocycles. The van der Waals surface area contributed by atoms with E-state index in [0.717, 1.165) is 12.8 Å². The molecule has 1 heterocycles. The summed E-state index contributed by atoms with van der Waals surface area (Å²) in [4.78, 5) is 26.5. The number of nitrogens with zero attached hydrogens (tertiary/aromatic N) is 1. The molecule has 1 saturated heterocycles. The lowest BCUT2D eigenvalue weighted by atomic mass is 9.93. The van der Waals surface area contributed by atoms with Crippen LogP contribution in [0.3, 0.4) is 0 Å². The van der Waals surface area contributed by atoms with Gasteiger partial charge in [-0.15, -0.1) is 0 Å². The summed E-state index contributed by atoms with van der Waals surface area (Å²) in [5.41, 5.74) is 0.356. The third kappa shape index (κ3) is 4.45. The van der Waals surface area contributed by atoms with E-state index in [0.29, 0.717) is 23.7 Å². The second-order valence-corrected chi connectivity index (χ2v) is 6.51. The van der Waals surface area contributed by atoms with Crippen molar-refractivity contribution in [3.05, 3.63) is 34.9 Å². The van der Waals surface area contributed by atoms with Crippen LogP contribution in [-0.2, 0) is 4.79 Å². The number of amides is 2. The van der Waals surface area contributed by atoms with Crippen LogP contribution in [0.1, 0.15) is 37.0 Å². The molecule has 0 spiro atoms. The van der Waals surface area contributed by atoms with Crippen molar-refractivity contribution in [2.24, 2.45) is 5.92 Å². The highest BCUT2D eigenvalue weighted by molar-refractivity contribution is 6.33. The number of nitrogens with one attached hydrogen (secondary N) is 1. The van der Waals surface area contributed by atoms with Crippen LogP contribution >= 0.6 is 11.6 Å². The Bertz CT molecular complexity index is 577. The summed E-state index contributed by atoms with van der Waals surface area (Å²) < 4.78 is 0. The molecule has 6 heteroatoms. The highest BCUT2D eigenvalue weighted by Gasteiger charge is 2.29. The van der Waals surface area contributed by atoms with E-state index in [4.69, 9.17) is 11.6 Å². The van der Waals surface area contributed by atoms with Crippen molar-refractivity contribution >= 4 is 23.4 Å². The van der Waals surface area contributed by atoms with Gasteiger partial charge in [0.2, 0.25) is 5.91 Å². The average Bonchev–Trinajstić information content (AvgIpc) is 2.54. The zero-order valence-corrected chi connectivity index (χ0v) is 14.2. The number of carbonyl (C=O) groups excluding carboxylic acids is 2. The molecule has 0 aromatic heterocycles. The van der Waals surface area contributed by atoms with Crippen molar-refractivity contribution in [2.45, 2.75) is 38.8 Å². The minimum Gasteiger partial charge on any atom is -0.393 e. The summed E-state index contributed by atoms with van der Waals surface area (Å²) in [6.45, 7) is 4.61. The summed E-state index contributed by atoms with van der Waals surface area (Å²) in [5, 5.41) is 12.8. The molecule has 2 rings (SSSR count). The molecule has 23 heavy (non-hydrogen) atoms. The molecule has 0 saturated carbocycles. The van der Waals surface area contributed by atoms with Gasteiger partial charge in [0.15, 0.2) is 0 Å². The lowest BCUT2D eigenvalue weighted by Crippen LogP contribution is -2.51. The van der Waals surface area contributed by atoms with Crippen LogP contribution < -0.4 is 5.32 Å². The lowest BCUT2D eigenvalue weighted by molar-refractivity contribution is -0.135. The molecule has 1 aliphatic rings. The van der Waals surface area contributed by atoms with Gasteiger partial charge in [-0.05, 0) is 38.8 Å². The minimum atomic E-state index is -0.633. The third-order valence-electron chi connectivity index (χ3n) is 4.29. The van der Waals surface area contributed by atoms with Gasteiger partial charge in [0.25, 0.3) is 5.91 Å². The van der Waals surface area contributed by atoms with Crippen LogP contribution in [0.15, 0.2) is 24.3 Å². The first-order chi connectivity index (χ1) is 10.9. The Labute approximate surface area is 141 Å². The van der Waals surface area contributed by atoms with Gasteiger partial charge in [-0.1, -0.05) is 23.7 Å². The number of hydrogen-bond acceptors (Lipinski definition) is 3. The SMILES string of the molecule is CC(NC(=O)c1ccccc1Cl)C(=O)N1CCCC(C(C)O)C1. The topological polar surface area (TPSA) is 69.6 Å². The highest BCUT2D eigenvalue weighted by atomic mass is 35.5. The van der Waals surface area contributed by atoms with Crippen LogP contribution in [0.5, 0.6) is 0 Å². The molecule has 126 valence electrons. The van der Waals surface area contributed by atoms with Gasteiger partial charge in [0.1, 0.15) is 6.04 Å². The maximum Gasteiger partial charge on any atom is 0.253 e. The minimum absolute atomic E-state index is 0.0965. The molecule has 3 unspecified atom stereocenters. The lowest BCUT2D eigenvalue weighted by Gasteiger charge is -2.35. The van der Waals surface area contributed by atoms with Gasteiger partial charge >= 0.3 is 0 Å². The third-order valence-corrected chi connectivity index (χ3v) is 4.62. The van der Waals surface area contributed by atoms with Crippen LogP contribution in [0.25, 0.3) is 0 Å². The zero-order valence-electron chi connectivity index (χ0n) is 13.5. The molecular weight excluding hydrogens is 316 g/mol. The summed E-state index contributed by atoms with van der Waals surface area (Å²) in [6.07, 6.45) is 1.35. The Hall–Kier alpha value is -1.59. The van der Waals surface area contributed by atoms with Gasteiger partial charge in [-0.2, -0.15) is 0 Å². The number of aliphatic hydroxyl groups excluding tert-OH is 1. The predicted octanol–water partition coefficient (Wildman–Crippen LogP) is 2.08. The normalized spacial score (nSPS) is 20.7. The Morgan fingerprint density at radius 1 is 1.35 bits per heavy atom. The Kier molecular flexibility index (Phi) is 6.02. The molecule has 1 aliphatic heterocycles. The first-order valence-corrected chi connectivity index (χ1v) is 8.30. The average molecular weight is 339 g/mol. The summed E-state index contributed by atoms with van der Waals surface area (Å²) in [6, 6.07) is 6.11. The van der Waals surface area contributed by atoms with Crippen LogP contribution in [0, 0.1) is 5.92 Å². The van der Waals surface area contributed by atoms with E-state index in [1.54, 1.807) is 43.0 Å². The Morgan fingerprint density at radius 3 is 2.70 bits per heavy atom. The van der Waals surface area contributed by atoms with E-state index >= 15 is 0 Å². The van der Waals surface area contributed by atoms with Crippen LogP contribution in [0.4, 0.5) is 0 Å². The second-order valence-electron chi connectivity index (χ2n) is 6.10. The Balaban J connectivity index is 1.97. The number of likely N-dealkylation sites (tertiary alicyclic amines) is 1. The van der Waals surface area contributed by atoms with Crippen LogP contribution in [0.2, 0.25) is 5.02 Å². The van der Waals surface area contributed by atoms with E-state index in [9.17, 15) is 14.7 Å².